The molecule has 1 aromatic heterocycles. The van der Waals surface area contributed by atoms with Gasteiger partial charge in [0.2, 0.25) is 0 Å². The first-order chi connectivity index (χ1) is 14.0. The number of piperidine rings is 1. The molecule has 1 aliphatic heterocycles. The van der Waals surface area contributed by atoms with Crippen LogP contribution in [0, 0.1) is 5.82 Å². The van der Waals surface area contributed by atoms with Crippen LogP contribution in [0.4, 0.5) is 10.1 Å². The molecule has 0 amide bonds. The topological polar surface area (TPSA) is 66.7 Å². The molecule has 1 aliphatic rings. The molecule has 7 nitrogen and oxygen atoms in total. The van der Waals surface area contributed by atoms with E-state index in [4.69, 9.17) is 4.74 Å². The zero-order valence-corrected chi connectivity index (χ0v) is 20.2. The molecule has 0 spiro atoms. The first-order valence-electron chi connectivity index (χ1n) is 10.2. The summed E-state index contributed by atoms with van der Waals surface area (Å²) in [6.07, 6.45) is 6.01. The highest BCUT2D eigenvalue weighted by molar-refractivity contribution is 14.0. The second kappa shape index (κ2) is 12.0. The summed E-state index contributed by atoms with van der Waals surface area (Å²) in [5.74, 6) is 0.994. The van der Waals surface area contributed by atoms with Gasteiger partial charge < -0.3 is 20.3 Å². The molecule has 166 valence electrons. The largest absolute Gasteiger partial charge is 0.489 e. The van der Waals surface area contributed by atoms with E-state index in [1.807, 2.05) is 38.0 Å². The lowest BCUT2D eigenvalue weighted by atomic mass is 10.1. The summed E-state index contributed by atoms with van der Waals surface area (Å²) >= 11 is 0. The Hall–Kier alpha value is -2.04. The summed E-state index contributed by atoms with van der Waals surface area (Å²) in [5.41, 5.74) is 1.15. The lowest BCUT2D eigenvalue weighted by Gasteiger charge is -2.34. The molecule has 0 bridgehead atoms. The molecule has 0 radical (unpaired) electrons. The van der Waals surface area contributed by atoms with Crippen LogP contribution in [-0.2, 0) is 7.05 Å². The van der Waals surface area contributed by atoms with Crippen molar-refractivity contribution in [1.82, 2.24) is 20.4 Å². The Labute approximate surface area is 195 Å². The molecule has 2 N–H and O–H groups in total. The third-order valence-corrected chi connectivity index (χ3v) is 4.80. The number of hydrogen-bond donors (Lipinski definition) is 2. The van der Waals surface area contributed by atoms with Crippen molar-refractivity contribution in [3.8, 4) is 5.75 Å². The van der Waals surface area contributed by atoms with Crippen LogP contribution < -0.4 is 20.3 Å². The van der Waals surface area contributed by atoms with E-state index < -0.39 is 0 Å². The minimum atomic E-state index is -0.302. The van der Waals surface area contributed by atoms with E-state index in [0.29, 0.717) is 18.3 Å². The number of ether oxygens (including phenoxy) is 1. The zero-order chi connectivity index (χ0) is 20.6. The van der Waals surface area contributed by atoms with Gasteiger partial charge in [-0.1, -0.05) is 6.07 Å². The Morgan fingerprint density at radius 3 is 2.97 bits per heavy atom. The predicted octanol–water partition coefficient (Wildman–Crippen LogP) is 3.17. The summed E-state index contributed by atoms with van der Waals surface area (Å²) in [6, 6.07) is 6.49. The fraction of sp³-hybridized carbons (Fsp3) is 0.524. The second-order valence-corrected chi connectivity index (χ2v) is 7.41. The summed E-state index contributed by atoms with van der Waals surface area (Å²) in [6.45, 7) is 7.19. The van der Waals surface area contributed by atoms with E-state index in [-0.39, 0.29) is 35.9 Å². The standard InChI is InChI=1S/C21H31FN6O.HI/c1-4-23-21(24-12-16(2)29-20-9-5-7-17(22)11-20)26-18-8-6-10-28(14-18)19-13-25-27(3)15-19;/h5,7,9,11,13,15-16,18H,4,6,8,10,12,14H2,1-3H3,(H2,23,24,26);1H. The molecule has 1 saturated heterocycles. The predicted molar refractivity (Wildman–Crippen MR) is 129 cm³/mol. The van der Waals surface area contributed by atoms with Gasteiger partial charge in [-0.05, 0) is 38.8 Å². The van der Waals surface area contributed by atoms with Crippen LogP contribution in [0.15, 0.2) is 41.7 Å². The molecule has 1 aromatic carbocycles. The van der Waals surface area contributed by atoms with E-state index in [1.165, 1.54) is 12.1 Å². The molecule has 3 rings (SSSR count). The van der Waals surface area contributed by atoms with Gasteiger partial charge in [-0.3, -0.25) is 4.68 Å². The molecule has 2 heterocycles. The first kappa shape index (κ1) is 24.2. The molecule has 2 atom stereocenters. The van der Waals surface area contributed by atoms with Gasteiger partial charge in [-0.15, -0.1) is 24.0 Å². The number of aromatic nitrogens is 2. The SMILES string of the molecule is CCNC(=NCC(C)Oc1cccc(F)c1)NC1CCCN(c2cnn(C)c2)C1.I. The number of rotatable bonds is 7. The number of hydrogen-bond acceptors (Lipinski definition) is 4. The minimum absolute atomic E-state index is 0. The molecule has 2 aromatic rings. The monoisotopic (exact) mass is 530 g/mol. The molecule has 0 aliphatic carbocycles. The Balaban J connectivity index is 0.00000320. The summed E-state index contributed by atoms with van der Waals surface area (Å²) in [5, 5.41) is 11.1. The first-order valence-corrected chi connectivity index (χ1v) is 10.2. The molecule has 0 saturated carbocycles. The molecule has 9 heteroatoms. The highest BCUT2D eigenvalue weighted by Crippen LogP contribution is 2.19. The van der Waals surface area contributed by atoms with E-state index in [0.717, 1.165) is 44.1 Å². The average Bonchev–Trinajstić information content (AvgIpc) is 3.13. The van der Waals surface area contributed by atoms with Gasteiger partial charge in [-0.25, -0.2) is 9.38 Å². The summed E-state index contributed by atoms with van der Waals surface area (Å²) in [7, 11) is 1.94. The number of nitrogens with one attached hydrogen (secondary N) is 2. The van der Waals surface area contributed by atoms with Crippen molar-refractivity contribution in [2.24, 2.45) is 12.0 Å². The van der Waals surface area contributed by atoms with Crippen molar-refractivity contribution in [3.05, 3.63) is 42.5 Å². The van der Waals surface area contributed by atoms with E-state index in [1.54, 1.807) is 12.1 Å². The smallest absolute Gasteiger partial charge is 0.191 e. The van der Waals surface area contributed by atoms with Gasteiger partial charge in [0.25, 0.3) is 0 Å². The van der Waals surface area contributed by atoms with Crippen LogP contribution in [-0.4, -0.2) is 54.1 Å². The molecule has 2 unspecified atom stereocenters. The van der Waals surface area contributed by atoms with Crippen LogP contribution in [0.1, 0.15) is 26.7 Å². The molecular weight excluding hydrogens is 498 g/mol. The molecule has 30 heavy (non-hydrogen) atoms. The lowest BCUT2D eigenvalue weighted by Crippen LogP contribution is -2.51. The average molecular weight is 530 g/mol. The van der Waals surface area contributed by atoms with E-state index >= 15 is 0 Å². The lowest BCUT2D eigenvalue weighted by molar-refractivity contribution is 0.229. The second-order valence-electron chi connectivity index (χ2n) is 7.41. The number of halogens is 2. The number of aryl methyl sites for hydroxylation is 1. The Morgan fingerprint density at radius 2 is 2.27 bits per heavy atom. The fourth-order valence-electron chi connectivity index (χ4n) is 3.44. The van der Waals surface area contributed by atoms with Crippen LogP contribution in [0.2, 0.25) is 0 Å². The zero-order valence-electron chi connectivity index (χ0n) is 17.8. The Morgan fingerprint density at radius 1 is 1.43 bits per heavy atom. The van der Waals surface area contributed by atoms with Crippen molar-refractivity contribution >= 4 is 35.6 Å². The Bertz CT molecular complexity index is 814. The van der Waals surface area contributed by atoms with Crippen molar-refractivity contribution in [2.75, 3.05) is 31.1 Å². The van der Waals surface area contributed by atoms with E-state index in [2.05, 4.69) is 25.6 Å². The Kier molecular flexibility index (Phi) is 9.67. The summed E-state index contributed by atoms with van der Waals surface area (Å²) < 4.78 is 20.9. The quantitative estimate of drug-likeness (QED) is 0.327. The van der Waals surface area contributed by atoms with Crippen molar-refractivity contribution in [1.29, 1.82) is 0 Å². The van der Waals surface area contributed by atoms with Crippen LogP contribution in [0.5, 0.6) is 5.75 Å². The third kappa shape index (κ3) is 7.33. The third-order valence-electron chi connectivity index (χ3n) is 4.80. The van der Waals surface area contributed by atoms with Crippen LogP contribution >= 0.6 is 24.0 Å². The minimum Gasteiger partial charge on any atom is -0.489 e. The van der Waals surface area contributed by atoms with Gasteiger partial charge in [-0.2, -0.15) is 5.10 Å². The molecular formula is C21H32FIN6O. The number of guanidine groups is 1. The van der Waals surface area contributed by atoms with Gasteiger partial charge in [0.05, 0.1) is 18.4 Å². The van der Waals surface area contributed by atoms with E-state index in [9.17, 15) is 4.39 Å². The van der Waals surface area contributed by atoms with Gasteiger partial charge in [0.1, 0.15) is 17.7 Å². The fourth-order valence-corrected chi connectivity index (χ4v) is 3.44. The van der Waals surface area contributed by atoms with Crippen LogP contribution in [0.3, 0.4) is 0 Å². The number of anilines is 1. The van der Waals surface area contributed by atoms with Crippen molar-refractivity contribution < 1.29 is 9.13 Å². The normalized spacial score (nSPS) is 17.8. The van der Waals surface area contributed by atoms with Gasteiger partial charge >= 0.3 is 0 Å². The maximum Gasteiger partial charge on any atom is 0.191 e. The number of aliphatic imine (C=N–C) groups is 1. The maximum atomic E-state index is 13.3. The van der Waals surface area contributed by atoms with Crippen molar-refractivity contribution in [3.63, 3.8) is 0 Å². The maximum absolute atomic E-state index is 13.3. The highest BCUT2D eigenvalue weighted by atomic mass is 127. The van der Waals surface area contributed by atoms with Gasteiger partial charge in [0, 0.05) is 45.0 Å². The highest BCUT2D eigenvalue weighted by Gasteiger charge is 2.22. The van der Waals surface area contributed by atoms with Gasteiger partial charge in [0.15, 0.2) is 5.96 Å². The molecule has 1 fully saturated rings. The van der Waals surface area contributed by atoms with Crippen LogP contribution in [0.25, 0.3) is 0 Å². The number of nitrogens with zero attached hydrogens (tertiary/aromatic N) is 4. The van der Waals surface area contributed by atoms with Crippen molar-refractivity contribution in [2.45, 2.75) is 38.8 Å². The number of benzene rings is 1. The summed E-state index contributed by atoms with van der Waals surface area (Å²) in [4.78, 5) is 7.02.